The predicted molar refractivity (Wildman–Crippen MR) is 79.3 cm³/mol. The zero-order chi connectivity index (χ0) is 15.9. The lowest BCUT2D eigenvalue weighted by Crippen LogP contribution is -2.24. The van der Waals surface area contributed by atoms with Crippen LogP contribution in [-0.4, -0.2) is 24.6 Å². The lowest BCUT2D eigenvalue weighted by molar-refractivity contribution is -0.122. The molecule has 1 aliphatic heterocycles. The molecule has 0 saturated carbocycles. The number of oxazole rings is 1. The Hall–Kier alpha value is -1.98. The number of hydrogen-bond donors (Lipinski definition) is 0. The minimum Gasteiger partial charge on any atom is -0.490 e. The van der Waals surface area contributed by atoms with Crippen LogP contribution in [0, 0.1) is 5.92 Å². The van der Waals surface area contributed by atoms with Crippen molar-refractivity contribution in [3.8, 4) is 0 Å². The Morgan fingerprint density at radius 2 is 1.86 bits per heavy atom. The van der Waals surface area contributed by atoms with E-state index in [-0.39, 0.29) is 34.9 Å². The molecule has 2 aliphatic rings. The molecule has 6 heteroatoms. The summed E-state index contributed by atoms with van der Waals surface area (Å²) in [6.07, 6.45) is 3.61. The Bertz CT molecular complexity index is 681. The number of hydrogen-bond acceptors (Lipinski definition) is 5. The Morgan fingerprint density at radius 1 is 1.14 bits per heavy atom. The molecule has 1 aliphatic carbocycles. The van der Waals surface area contributed by atoms with Crippen molar-refractivity contribution in [2.45, 2.75) is 45.1 Å². The van der Waals surface area contributed by atoms with Gasteiger partial charge in [-0.1, -0.05) is 13.3 Å². The van der Waals surface area contributed by atoms with E-state index in [1.807, 2.05) is 6.92 Å². The van der Waals surface area contributed by atoms with Crippen LogP contribution in [0.3, 0.4) is 0 Å². The van der Waals surface area contributed by atoms with Gasteiger partial charge in [0.25, 0.3) is 0 Å². The largest absolute Gasteiger partial charge is 0.490 e. The molecule has 0 spiro atoms. The quantitative estimate of drug-likeness (QED) is 0.838. The molecule has 0 radical (unpaired) electrons. The van der Waals surface area contributed by atoms with Gasteiger partial charge in [0.05, 0.1) is 19.9 Å². The van der Waals surface area contributed by atoms with Crippen molar-refractivity contribution in [3.05, 3.63) is 27.8 Å². The summed E-state index contributed by atoms with van der Waals surface area (Å²) in [5.41, 5.74) is 0.855. The van der Waals surface area contributed by atoms with Gasteiger partial charge in [-0.3, -0.25) is 9.36 Å². The van der Waals surface area contributed by atoms with Gasteiger partial charge in [0.15, 0.2) is 5.76 Å². The highest BCUT2D eigenvalue weighted by Gasteiger charge is 2.37. The number of methoxy groups -OCH3 is 2. The fourth-order valence-electron chi connectivity index (χ4n) is 3.57. The third kappa shape index (κ3) is 2.17. The van der Waals surface area contributed by atoms with E-state index >= 15 is 0 Å². The summed E-state index contributed by atoms with van der Waals surface area (Å²) in [4.78, 5) is 24.8. The highest BCUT2D eigenvalue weighted by molar-refractivity contribution is 6.01. The first-order valence-corrected chi connectivity index (χ1v) is 7.68. The van der Waals surface area contributed by atoms with Crippen LogP contribution in [0.4, 0.5) is 0 Å². The zero-order valence-electron chi connectivity index (χ0n) is 13.2. The third-order valence-electron chi connectivity index (χ3n) is 4.63. The number of rotatable bonds is 2. The highest BCUT2D eigenvalue weighted by Crippen LogP contribution is 2.40. The molecule has 0 bridgehead atoms. The maximum absolute atomic E-state index is 12.6. The summed E-state index contributed by atoms with van der Waals surface area (Å²) >= 11 is 0. The number of ketones is 1. The Balaban J connectivity index is 2.31. The fourth-order valence-corrected chi connectivity index (χ4v) is 3.57. The second-order valence-corrected chi connectivity index (χ2v) is 5.99. The number of aromatic nitrogens is 1. The van der Waals surface area contributed by atoms with Gasteiger partial charge in [-0.2, -0.15) is 0 Å². The Morgan fingerprint density at radius 3 is 2.55 bits per heavy atom. The Labute approximate surface area is 128 Å². The molecule has 0 saturated heterocycles. The summed E-state index contributed by atoms with van der Waals surface area (Å²) in [5.74, 6) is 0.179. The highest BCUT2D eigenvalue weighted by atomic mass is 16.5. The maximum Gasteiger partial charge on any atom is 0.419 e. The van der Waals surface area contributed by atoms with E-state index in [0.29, 0.717) is 18.7 Å². The van der Waals surface area contributed by atoms with Crippen LogP contribution in [0.1, 0.15) is 50.0 Å². The summed E-state index contributed by atoms with van der Waals surface area (Å²) < 4.78 is 17.8. The summed E-state index contributed by atoms with van der Waals surface area (Å²) in [6.45, 7) is 2.54. The monoisotopic (exact) mass is 307 g/mol. The first kappa shape index (κ1) is 14.9. The average molecular weight is 307 g/mol. The summed E-state index contributed by atoms with van der Waals surface area (Å²) in [7, 11) is 2.90. The number of ether oxygens (including phenoxy) is 2. The van der Waals surface area contributed by atoms with Crippen LogP contribution in [0.25, 0.3) is 5.76 Å². The van der Waals surface area contributed by atoms with Crippen LogP contribution < -0.4 is 5.76 Å². The van der Waals surface area contributed by atoms with Crippen LogP contribution in [-0.2, 0) is 20.8 Å². The number of carbonyl (C=O) groups excluding carboxylic acids is 1. The van der Waals surface area contributed by atoms with Crippen LogP contribution in [0.15, 0.2) is 15.0 Å². The minimum absolute atomic E-state index is 0.107. The molecular formula is C16H21NO5. The SMILES string of the molecule is CO/C1=C(\OC)c2oc(=O)n3c2[C@H](CCCC3)C[C@H](C)C1=O. The van der Waals surface area contributed by atoms with Gasteiger partial charge in [-0.25, -0.2) is 4.79 Å². The molecule has 3 rings (SSSR count). The second kappa shape index (κ2) is 5.66. The third-order valence-corrected chi connectivity index (χ3v) is 4.63. The van der Waals surface area contributed by atoms with Gasteiger partial charge in [0.1, 0.15) is 0 Å². The molecule has 6 nitrogen and oxygen atoms in total. The molecule has 22 heavy (non-hydrogen) atoms. The molecular weight excluding hydrogens is 286 g/mol. The summed E-state index contributed by atoms with van der Waals surface area (Å²) in [6, 6.07) is 0. The average Bonchev–Trinajstić information content (AvgIpc) is 2.69. The van der Waals surface area contributed by atoms with Crippen LogP contribution in [0.5, 0.6) is 0 Å². The van der Waals surface area contributed by atoms with Gasteiger partial charge in [-0.15, -0.1) is 0 Å². The van der Waals surface area contributed by atoms with Gasteiger partial charge in [0, 0.05) is 18.4 Å². The van der Waals surface area contributed by atoms with E-state index < -0.39 is 0 Å². The van der Waals surface area contributed by atoms with E-state index in [0.717, 1.165) is 25.0 Å². The molecule has 0 aromatic carbocycles. The van der Waals surface area contributed by atoms with Crippen molar-refractivity contribution in [1.29, 1.82) is 0 Å². The summed E-state index contributed by atoms with van der Waals surface area (Å²) in [5, 5.41) is 0. The van der Waals surface area contributed by atoms with E-state index in [1.165, 1.54) is 14.2 Å². The van der Waals surface area contributed by atoms with Crippen molar-refractivity contribution in [1.82, 2.24) is 4.57 Å². The second-order valence-electron chi connectivity index (χ2n) is 5.99. The van der Waals surface area contributed by atoms with Gasteiger partial charge >= 0.3 is 5.76 Å². The van der Waals surface area contributed by atoms with Crippen molar-refractivity contribution in [2.24, 2.45) is 5.92 Å². The predicted octanol–water partition coefficient (Wildman–Crippen LogP) is 2.28. The van der Waals surface area contributed by atoms with Gasteiger partial charge in [-0.05, 0) is 19.3 Å². The van der Waals surface area contributed by atoms with Crippen molar-refractivity contribution in [2.75, 3.05) is 14.2 Å². The zero-order valence-corrected chi connectivity index (χ0v) is 13.2. The minimum atomic E-state index is -0.385. The number of Topliss-reactive ketones (excluding diaryl/α,β-unsaturated/α-hetero) is 1. The standard InChI is InChI=1S/C16H21NO5/c1-9-8-10-6-4-5-7-17-11(10)13(22-16(17)19)15(21-3)14(20-2)12(9)18/h9-10H,4-8H2,1-3H3/b15-14-/t9-,10+/m0/s1. The molecule has 0 unspecified atom stereocenters. The smallest absolute Gasteiger partial charge is 0.419 e. The van der Waals surface area contributed by atoms with Crippen molar-refractivity contribution >= 4 is 11.5 Å². The first-order valence-electron chi connectivity index (χ1n) is 7.68. The van der Waals surface area contributed by atoms with Crippen molar-refractivity contribution < 1.29 is 18.7 Å². The normalized spacial score (nSPS) is 28.4. The van der Waals surface area contributed by atoms with Crippen LogP contribution >= 0.6 is 0 Å². The van der Waals surface area contributed by atoms with Gasteiger partial charge in [0.2, 0.25) is 17.3 Å². The Kier molecular flexibility index (Phi) is 3.85. The maximum atomic E-state index is 12.6. The molecule has 2 heterocycles. The fraction of sp³-hybridized carbons (Fsp3) is 0.625. The topological polar surface area (TPSA) is 70.7 Å². The molecule has 120 valence electrons. The molecule has 0 N–H and O–H groups in total. The lowest BCUT2D eigenvalue weighted by atomic mass is 9.84. The van der Waals surface area contributed by atoms with E-state index in [2.05, 4.69) is 0 Å². The van der Waals surface area contributed by atoms with Crippen LogP contribution in [0.2, 0.25) is 0 Å². The number of nitrogens with zero attached hydrogens (tertiary/aromatic N) is 1. The van der Waals surface area contributed by atoms with Crippen molar-refractivity contribution in [3.63, 3.8) is 0 Å². The molecule has 1 aromatic heterocycles. The van der Waals surface area contributed by atoms with E-state index in [4.69, 9.17) is 13.9 Å². The molecule has 2 atom stereocenters. The number of allylic oxidation sites excluding steroid dienone is 1. The molecule has 0 fully saturated rings. The van der Waals surface area contributed by atoms with E-state index in [1.54, 1.807) is 4.57 Å². The van der Waals surface area contributed by atoms with Gasteiger partial charge < -0.3 is 13.9 Å². The molecule has 0 amide bonds. The first-order chi connectivity index (χ1) is 10.6. The lowest BCUT2D eigenvalue weighted by Gasteiger charge is -2.24. The van der Waals surface area contributed by atoms with E-state index in [9.17, 15) is 9.59 Å². The molecule has 1 aromatic rings. The number of carbonyl (C=O) groups is 1.